The van der Waals surface area contributed by atoms with E-state index in [9.17, 15) is 0 Å². The molecular formula is C11H17N3. The van der Waals surface area contributed by atoms with Gasteiger partial charge >= 0.3 is 0 Å². The van der Waals surface area contributed by atoms with Gasteiger partial charge in [0.15, 0.2) is 0 Å². The van der Waals surface area contributed by atoms with Crippen molar-refractivity contribution >= 4 is 11.5 Å². The van der Waals surface area contributed by atoms with Gasteiger partial charge in [-0.05, 0) is 12.1 Å². The third-order valence-corrected chi connectivity index (χ3v) is 1.99. The van der Waals surface area contributed by atoms with Crippen molar-refractivity contribution in [2.45, 2.75) is 13.8 Å². The van der Waals surface area contributed by atoms with Gasteiger partial charge in [-0.1, -0.05) is 32.0 Å². The summed E-state index contributed by atoms with van der Waals surface area (Å²) in [6, 6.07) is 9.93. The fourth-order valence-electron chi connectivity index (χ4n) is 0.990. The van der Waals surface area contributed by atoms with E-state index in [0.29, 0.717) is 5.84 Å². The van der Waals surface area contributed by atoms with Crippen molar-refractivity contribution in [2.75, 3.05) is 12.1 Å². The average Bonchev–Trinajstić information content (AvgIpc) is 2.19. The number of para-hydroxylation sites is 1. The Hall–Kier alpha value is -1.51. The van der Waals surface area contributed by atoms with Gasteiger partial charge in [0.1, 0.15) is 5.84 Å². The van der Waals surface area contributed by atoms with Crippen LogP contribution < -0.4 is 10.7 Å². The van der Waals surface area contributed by atoms with Gasteiger partial charge in [-0.2, -0.15) is 5.10 Å². The van der Waals surface area contributed by atoms with E-state index < -0.39 is 0 Å². The van der Waals surface area contributed by atoms with Crippen molar-refractivity contribution in [3.8, 4) is 0 Å². The molecule has 1 rings (SSSR count). The van der Waals surface area contributed by atoms with Crippen LogP contribution in [0, 0.1) is 5.92 Å². The van der Waals surface area contributed by atoms with Crippen LogP contribution >= 0.6 is 0 Å². The van der Waals surface area contributed by atoms with Crippen LogP contribution in [0.1, 0.15) is 13.8 Å². The third kappa shape index (κ3) is 2.76. The lowest BCUT2D eigenvalue weighted by Gasteiger charge is -2.15. The summed E-state index contributed by atoms with van der Waals surface area (Å²) >= 11 is 0. The summed E-state index contributed by atoms with van der Waals surface area (Å²) in [5.41, 5.74) is 6.80. The van der Waals surface area contributed by atoms with Crippen LogP contribution in [0.2, 0.25) is 0 Å². The smallest absolute Gasteiger partial charge is 0.122 e. The number of hydrogen-bond acceptors (Lipinski definition) is 2. The summed E-state index contributed by atoms with van der Waals surface area (Å²) in [7, 11) is 1.89. The molecule has 0 aliphatic rings. The number of benzene rings is 1. The maximum Gasteiger partial charge on any atom is 0.122 e. The third-order valence-electron chi connectivity index (χ3n) is 1.99. The molecule has 3 heteroatoms. The molecule has 1 aromatic rings. The minimum Gasteiger partial charge on any atom is -0.385 e. The molecule has 0 aliphatic carbocycles. The highest BCUT2D eigenvalue weighted by Crippen LogP contribution is 2.11. The van der Waals surface area contributed by atoms with Crippen molar-refractivity contribution in [1.29, 1.82) is 0 Å². The van der Waals surface area contributed by atoms with Gasteiger partial charge in [-0.25, -0.2) is 0 Å². The number of anilines is 1. The molecule has 0 radical (unpaired) electrons. The molecule has 0 heterocycles. The maximum absolute atomic E-state index is 5.76. The van der Waals surface area contributed by atoms with Crippen molar-refractivity contribution < 1.29 is 0 Å². The number of hydrazone groups is 1. The lowest BCUT2D eigenvalue weighted by Crippen LogP contribution is -2.24. The Morgan fingerprint density at radius 3 is 2.36 bits per heavy atom. The molecule has 0 amide bonds. The molecule has 0 atom stereocenters. The van der Waals surface area contributed by atoms with E-state index in [4.69, 9.17) is 5.73 Å². The quantitative estimate of drug-likeness (QED) is 0.451. The highest BCUT2D eigenvalue weighted by Gasteiger charge is 2.02. The SMILES string of the molecule is CC(C)/C(N)=N/N(C)c1ccccc1. The van der Waals surface area contributed by atoms with Gasteiger partial charge in [0, 0.05) is 13.0 Å². The van der Waals surface area contributed by atoms with Gasteiger partial charge in [0.25, 0.3) is 0 Å². The van der Waals surface area contributed by atoms with Crippen LogP contribution in [0.4, 0.5) is 5.69 Å². The molecule has 0 saturated carbocycles. The molecule has 0 fully saturated rings. The maximum atomic E-state index is 5.76. The summed E-state index contributed by atoms with van der Waals surface area (Å²) in [6.45, 7) is 4.05. The van der Waals surface area contributed by atoms with Crippen LogP contribution in [-0.4, -0.2) is 12.9 Å². The van der Waals surface area contributed by atoms with E-state index in [1.165, 1.54) is 0 Å². The predicted molar refractivity (Wildman–Crippen MR) is 61.3 cm³/mol. The zero-order valence-electron chi connectivity index (χ0n) is 8.94. The predicted octanol–water partition coefficient (Wildman–Crippen LogP) is 2.05. The Morgan fingerprint density at radius 1 is 1.29 bits per heavy atom. The lowest BCUT2D eigenvalue weighted by molar-refractivity contribution is 0.850. The van der Waals surface area contributed by atoms with E-state index in [1.807, 2.05) is 51.2 Å². The molecule has 0 spiro atoms. The number of rotatable bonds is 3. The Labute approximate surface area is 85.2 Å². The highest BCUT2D eigenvalue weighted by molar-refractivity contribution is 5.83. The summed E-state index contributed by atoms with van der Waals surface area (Å²) in [4.78, 5) is 0. The Kier molecular flexibility index (Phi) is 3.51. The molecule has 0 unspecified atom stereocenters. The summed E-state index contributed by atoms with van der Waals surface area (Å²) in [5, 5.41) is 6.06. The number of nitrogens with zero attached hydrogens (tertiary/aromatic N) is 2. The van der Waals surface area contributed by atoms with Crippen molar-refractivity contribution in [3.63, 3.8) is 0 Å². The van der Waals surface area contributed by atoms with Crippen LogP contribution in [-0.2, 0) is 0 Å². The molecule has 0 aliphatic heterocycles. The van der Waals surface area contributed by atoms with Gasteiger partial charge in [0.2, 0.25) is 0 Å². The van der Waals surface area contributed by atoms with E-state index in [1.54, 1.807) is 5.01 Å². The second kappa shape index (κ2) is 4.65. The Morgan fingerprint density at radius 2 is 1.86 bits per heavy atom. The second-order valence-corrected chi connectivity index (χ2v) is 3.54. The van der Waals surface area contributed by atoms with Gasteiger partial charge in [-0.3, -0.25) is 5.01 Å². The van der Waals surface area contributed by atoms with Gasteiger partial charge < -0.3 is 5.73 Å². The second-order valence-electron chi connectivity index (χ2n) is 3.54. The first-order chi connectivity index (χ1) is 6.61. The lowest BCUT2D eigenvalue weighted by atomic mass is 10.2. The number of amidine groups is 1. The first-order valence-electron chi connectivity index (χ1n) is 4.74. The van der Waals surface area contributed by atoms with Gasteiger partial charge in [-0.15, -0.1) is 0 Å². The first-order valence-corrected chi connectivity index (χ1v) is 4.74. The molecule has 14 heavy (non-hydrogen) atoms. The molecule has 76 valence electrons. The van der Waals surface area contributed by atoms with E-state index in [-0.39, 0.29) is 5.92 Å². The summed E-state index contributed by atoms with van der Waals surface area (Å²) in [5.74, 6) is 0.928. The number of nitrogens with two attached hydrogens (primary N) is 1. The molecule has 0 saturated heterocycles. The largest absolute Gasteiger partial charge is 0.385 e. The Bertz CT molecular complexity index is 304. The molecule has 0 bridgehead atoms. The molecule has 2 N–H and O–H groups in total. The van der Waals surface area contributed by atoms with Crippen LogP contribution in [0.5, 0.6) is 0 Å². The topological polar surface area (TPSA) is 41.6 Å². The van der Waals surface area contributed by atoms with Crippen molar-refractivity contribution in [2.24, 2.45) is 16.8 Å². The summed E-state index contributed by atoms with van der Waals surface area (Å²) < 4.78 is 0. The van der Waals surface area contributed by atoms with E-state index in [0.717, 1.165) is 5.69 Å². The zero-order chi connectivity index (χ0) is 10.6. The number of hydrogen-bond donors (Lipinski definition) is 1. The summed E-state index contributed by atoms with van der Waals surface area (Å²) in [6.07, 6.45) is 0. The minimum absolute atomic E-state index is 0.279. The average molecular weight is 191 g/mol. The molecule has 0 aromatic heterocycles. The monoisotopic (exact) mass is 191 g/mol. The van der Waals surface area contributed by atoms with Crippen molar-refractivity contribution in [3.05, 3.63) is 30.3 Å². The standard InChI is InChI=1S/C11H17N3/c1-9(2)11(12)13-14(3)10-7-5-4-6-8-10/h4-9H,1-3H3,(H2,12,13). The van der Waals surface area contributed by atoms with Crippen LogP contribution in [0.3, 0.4) is 0 Å². The fraction of sp³-hybridized carbons (Fsp3) is 0.364. The van der Waals surface area contributed by atoms with Crippen molar-refractivity contribution in [1.82, 2.24) is 0 Å². The van der Waals surface area contributed by atoms with Crippen LogP contribution in [0.15, 0.2) is 35.4 Å². The molecule has 3 nitrogen and oxygen atoms in total. The first kappa shape index (κ1) is 10.6. The minimum atomic E-state index is 0.279. The normalized spacial score (nSPS) is 11.9. The van der Waals surface area contributed by atoms with Gasteiger partial charge in [0.05, 0.1) is 5.69 Å². The Balaban J connectivity index is 2.77. The molecular weight excluding hydrogens is 174 g/mol. The van der Waals surface area contributed by atoms with E-state index in [2.05, 4.69) is 5.10 Å². The van der Waals surface area contributed by atoms with Crippen LogP contribution in [0.25, 0.3) is 0 Å². The molecule has 1 aromatic carbocycles. The van der Waals surface area contributed by atoms with E-state index >= 15 is 0 Å². The fourth-order valence-corrected chi connectivity index (χ4v) is 0.990. The zero-order valence-corrected chi connectivity index (χ0v) is 8.94. The highest BCUT2D eigenvalue weighted by atomic mass is 15.4.